The monoisotopic (exact) mass is 508 g/mol. The SMILES string of the molecule is NS(=O)(=O)c1ccc(CN2C(=O)CSC2c2cn(-c3ccccc3)nc2-c2ccc(F)cc2)cc1. The van der Waals surface area contributed by atoms with E-state index in [2.05, 4.69) is 0 Å². The summed E-state index contributed by atoms with van der Waals surface area (Å²) in [7, 11) is -3.80. The highest BCUT2D eigenvalue weighted by atomic mass is 32.2. The van der Waals surface area contributed by atoms with Gasteiger partial charge < -0.3 is 4.90 Å². The molecule has 7 nitrogen and oxygen atoms in total. The number of hydrogen-bond acceptors (Lipinski definition) is 5. The number of aromatic nitrogens is 2. The zero-order chi connectivity index (χ0) is 24.6. The third-order valence-corrected chi connectivity index (χ3v) is 7.89. The molecule has 0 aliphatic carbocycles. The van der Waals surface area contributed by atoms with Gasteiger partial charge in [-0.3, -0.25) is 4.79 Å². The van der Waals surface area contributed by atoms with Gasteiger partial charge in [-0.05, 0) is 54.1 Å². The molecule has 5 rings (SSSR count). The molecule has 178 valence electrons. The molecular weight excluding hydrogens is 487 g/mol. The van der Waals surface area contributed by atoms with Gasteiger partial charge in [-0.1, -0.05) is 30.3 Å². The van der Waals surface area contributed by atoms with Gasteiger partial charge in [0, 0.05) is 23.9 Å². The quantitative estimate of drug-likeness (QED) is 0.423. The summed E-state index contributed by atoms with van der Waals surface area (Å²) in [5.41, 5.74) is 3.88. The Kier molecular flexibility index (Phi) is 6.18. The fraction of sp³-hybridized carbons (Fsp3) is 0.120. The molecule has 1 unspecified atom stereocenters. The van der Waals surface area contributed by atoms with E-state index in [9.17, 15) is 17.6 Å². The Morgan fingerprint density at radius 3 is 2.34 bits per heavy atom. The first-order chi connectivity index (χ1) is 16.8. The molecule has 2 heterocycles. The maximum atomic E-state index is 13.6. The topological polar surface area (TPSA) is 98.3 Å². The molecular formula is C25H21FN4O3S2. The van der Waals surface area contributed by atoms with E-state index >= 15 is 0 Å². The number of amides is 1. The second kappa shape index (κ2) is 9.29. The minimum absolute atomic E-state index is 0.0163. The van der Waals surface area contributed by atoms with E-state index in [0.29, 0.717) is 18.0 Å². The first-order valence-electron chi connectivity index (χ1n) is 10.7. The van der Waals surface area contributed by atoms with Gasteiger partial charge >= 0.3 is 0 Å². The minimum Gasteiger partial charge on any atom is -0.321 e. The number of halogens is 1. The van der Waals surface area contributed by atoms with Gasteiger partial charge in [-0.2, -0.15) is 5.10 Å². The number of sulfonamides is 1. The molecule has 1 aromatic heterocycles. The summed E-state index contributed by atoms with van der Waals surface area (Å²) in [6.45, 7) is 0.292. The van der Waals surface area contributed by atoms with Crippen molar-refractivity contribution in [1.29, 1.82) is 0 Å². The van der Waals surface area contributed by atoms with Crippen LogP contribution in [-0.2, 0) is 21.4 Å². The Morgan fingerprint density at radius 2 is 1.69 bits per heavy atom. The molecule has 1 fully saturated rings. The van der Waals surface area contributed by atoms with Crippen LogP contribution in [-0.4, -0.2) is 34.8 Å². The lowest BCUT2D eigenvalue weighted by Crippen LogP contribution is -2.27. The Morgan fingerprint density at radius 1 is 1.00 bits per heavy atom. The van der Waals surface area contributed by atoms with E-state index in [0.717, 1.165) is 22.4 Å². The summed E-state index contributed by atoms with van der Waals surface area (Å²) in [5.74, 6) is -0.0694. The average Bonchev–Trinajstić information content (AvgIpc) is 3.44. The van der Waals surface area contributed by atoms with Crippen molar-refractivity contribution < 1.29 is 17.6 Å². The number of carbonyl (C=O) groups excluding carboxylic acids is 1. The number of primary sulfonamides is 1. The molecule has 1 saturated heterocycles. The predicted molar refractivity (Wildman–Crippen MR) is 133 cm³/mol. The van der Waals surface area contributed by atoms with Crippen LogP contribution in [0, 0.1) is 5.82 Å². The summed E-state index contributed by atoms with van der Waals surface area (Å²) in [6.07, 6.45) is 1.90. The highest BCUT2D eigenvalue weighted by molar-refractivity contribution is 8.00. The Labute approximate surface area is 206 Å². The largest absolute Gasteiger partial charge is 0.321 e. The van der Waals surface area contributed by atoms with E-state index in [1.54, 1.807) is 33.8 Å². The van der Waals surface area contributed by atoms with E-state index in [-0.39, 0.29) is 22.0 Å². The Bertz CT molecular complexity index is 1470. The molecule has 1 aliphatic rings. The van der Waals surface area contributed by atoms with Crippen molar-refractivity contribution in [3.05, 3.63) is 102 Å². The molecule has 4 aromatic rings. The second-order valence-corrected chi connectivity index (χ2v) is 10.7. The van der Waals surface area contributed by atoms with Crippen molar-refractivity contribution in [2.24, 2.45) is 5.14 Å². The predicted octanol–water partition coefficient (Wildman–Crippen LogP) is 4.10. The maximum absolute atomic E-state index is 13.6. The van der Waals surface area contributed by atoms with Gasteiger partial charge in [0.25, 0.3) is 0 Å². The van der Waals surface area contributed by atoms with E-state index in [4.69, 9.17) is 10.2 Å². The standard InChI is InChI=1S/C25H21FN4O3S2/c26-19-10-8-18(9-11-19)24-22(15-30(28-24)20-4-2-1-3-5-20)25-29(23(31)16-34-25)14-17-6-12-21(13-7-17)35(27,32)33/h1-13,15,25H,14,16H2,(H2,27,32,33). The number of carbonyl (C=O) groups is 1. The van der Waals surface area contributed by atoms with Gasteiger partial charge in [0.1, 0.15) is 11.2 Å². The molecule has 0 radical (unpaired) electrons. The number of hydrogen-bond donors (Lipinski definition) is 1. The van der Waals surface area contributed by atoms with Crippen LogP contribution in [0.2, 0.25) is 0 Å². The molecule has 35 heavy (non-hydrogen) atoms. The second-order valence-electron chi connectivity index (χ2n) is 8.09. The molecule has 1 atom stereocenters. The highest BCUT2D eigenvalue weighted by Crippen LogP contribution is 2.43. The first kappa shape index (κ1) is 23.3. The summed E-state index contributed by atoms with van der Waals surface area (Å²) in [5, 5.41) is 9.66. The van der Waals surface area contributed by atoms with Gasteiger partial charge in [-0.15, -0.1) is 11.8 Å². The van der Waals surface area contributed by atoms with E-state index in [1.165, 1.54) is 36.0 Å². The van der Waals surface area contributed by atoms with Crippen molar-refractivity contribution in [3.63, 3.8) is 0 Å². The van der Waals surface area contributed by atoms with Crippen LogP contribution in [0.15, 0.2) is 90.0 Å². The Balaban J connectivity index is 1.53. The zero-order valence-electron chi connectivity index (χ0n) is 18.4. The lowest BCUT2D eigenvalue weighted by molar-refractivity contribution is -0.128. The lowest BCUT2D eigenvalue weighted by atomic mass is 10.1. The number of thioether (sulfide) groups is 1. The minimum atomic E-state index is -3.80. The van der Waals surface area contributed by atoms with Gasteiger partial charge in [0.2, 0.25) is 15.9 Å². The van der Waals surface area contributed by atoms with Crippen molar-refractivity contribution in [3.8, 4) is 16.9 Å². The molecule has 1 amide bonds. The summed E-state index contributed by atoms with van der Waals surface area (Å²) < 4.78 is 38.5. The third-order valence-electron chi connectivity index (χ3n) is 5.72. The molecule has 0 bridgehead atoms. The van der Waals surface area contributed by atoms with E-state index in [1.807, 2.05) is 36.5 Å². The zero-order valence-corrected chi connectivity index (χ0v) is 20.0. The van der Waals surface area contributed by atoms with Crippen LogP contribution < -0.4 is 5.14 Å². The number of benzene rings is 3. The molecule has 1 aliphatic heterocycles. The fourth-order valence-electron chi connectivity index (χ4n) is 3.98. The van der Waals surface area contributed by atoms with Gasteiger partial charge in [0.15, 0.2) is 0 Å². The van der Waals surface area contributed by atoms with Crippen LogP contribution in [0.25, 0.3) is 16.9 Å². The molecule has 10 heteroatoms. The van der Waals surface area contributed by atoms with Crippen LogP contribution in [0.4, 0.5) is 4.39 Å². The fourth-order valence-corrected chi connectivity index (χ4v) is 5.68. The van der Waals surface area contributed by atoms with Gasteiger partial charge in [-0.25, -0.2) is 22.6 Å². The van der Waals surface area contributed by atoms with Crippen LogP contribution >= 0.6 is 11.8 Å². The van der Waals surface area contributed by atoms with Crippen molar-refractivity contribution in [2.45, 2.75) is 16.8 Å². The molecule has 2 N–H and O–H groups in total. The Hall–Kier alpha value is -3.47. The normalized spacial score (nSPS) is 16.1. The van der Waals surface area contributed by atoms with Gasteiger partial charge in [0.05, 0.1) is 22.0 Å². The smallest absolute Gasteiger partial charge is 0.238 e. The van der Waals surface area contributed by atoms with E-state index < -0.39 is 10.0 Å². The summed E-state index contributed by atoms with van der Waals surface area (Å²) in [6, 6.07) is 21.9. The van der Waals surface area contributed by atoms with Crippen LogP contribution in [0.3, 0.4) is 0 Å². The van der Waals surface area contributed by atoms with Crippen molar-refractivity contribution in [1.82, 2.24) is 14.7 Å². The average molecular weight is 509 g/mol. The molecule has 0 saturated carbocycles. The summed E-state index contributed by atoms with van der Waals surface area (Å²) in [4.78, 5) is 14.6. The number of rotatable bonds is 6. The number of nitrogens with zero attached hydrogens (tertiary/aromatic N) is 3. The number of para-hydroxylation sites is 1. The molecule has 3 aromatic carbocycles. The third kappa shape index (κ3) is 4.86. The lowest BCUT2D eigenvalue weighted by Gasteiger charge is -2.24. The van der Waals surface area contributed by atoms with Crippen molar-refractivity contribution >= 4 is 27.7 Å². The maximum Gasteiger partial charge on any atom is 0.238 e. The number of nitrogens with two attached hydrogens (primary N) is 1. The first-order valence-corrected chi connectivity index (χ1v) is 13.3. The highest BCUT2D eigenvalue weighted by Gasteiger charge is 2.36. The van der Waals surface area contributed by atoms with Crippen LogP contribution in [0.5, 0.6) is 0 Å². The van der Waals surface area contributed by atoms with Crippen LogP contribution in [0.1, 0.15) is 16.5 Å². The van der Waals surface area contributed by atoms with Crippen molar-refractivity contribution in [2.75, 3.05) is 5.75 Å². The summed E-state index contributed by atoms with van der Waals surface area (Å²) >= 11 is 1.49. The molecule has 0 spiro atoms.